The lowest BCUT2D eigenvalue weighted by molar-refractivity contribution is 0.0534. The van der Waals surface area contributed by atoms with Crippen LogP contribution in [0.15, 0.2) is 6.07 Å². The summed E-state index contributed by atoms with van der Waals surface area (Å²) in [6, 6.07) is 1.70. The summed E-state index contributed by atoms with van der Waals surface area (Å²) in [6.07, 6.45) is 0. The number of hydrogen-bond acceptors (Lipinski definition) is 4. The first kappa shape index (κ1) is 9.83. The van der Waals surface area contributed by atoms with Gasteiger partial charge in [0.2, 0.25) is 0 Å². The van der Waals surface area contributed by atoms with E-state index in [-0.39, 0.29) is 12.6 Å². The summed E-state index contributed by atoms with van der Waals surface area (Å²) in [5.74, 6) is 1.00. The molecule has 0 amide bonds. The van der Waals surface area contributed by atoms with Crippen molar-refractivity contribution in [2.75, 3.05) is 14.2 Å². The zero-order valence-corrected chi connectivity index (χ0v) is 8.92. The molecule has 1 aromatic carbocycles. The van der Waals surface area contributed by atoms with E-state index in [4.69, 9.17) is 14.2 Å². The van der Waals surface area contributed by atoms with E-state index in [2.05, 4.69) is 0 Å². The minimum atomic E-state index is -0.318. The predicted molar refractivity (Wildman–Crippen MR) is 53.4 cm³/mol. The number of rotatable bonds is 2. The van der Waals surface area contributed by atoms with E-state index in [1.165, 1.54) is 0 Å². The molecule has 0 radical (unpaired) electrons. The molecule has 0 bridgehead atoms. The molecule has 0 unspecified atom stereocenters. The van der Waals surface area contributed by atoms with Crippen LogP contribution in [0.4, 0.5) is 0 Å². The summed E-state index contributed by atoms with van der Waals surface area (Å²) in [6.45, 7) is 2.17. The summed E-state index contributed by atoms with van der Waals surface area (Å²) < 4.78 is 15.4. The van der Waals surface area contributed by atoms with Gasteiger partial charge in [-0.3, -0.25) is 0 Å². The Hall–Kier alpha value is -1.71. The van der Waals surface area contributed by atoms with Crippen molar-refractivity contribution >= 4 is 5.97 Å². The normalized spacial score (nSPS) is 13.4. The third-order valence-electron chi connectivity index (χ3n) is 2.58. The van der Waals surface area contributed by atoms with Crippen molar-refractivity contribution in [2.24, 2.45) is 0 Å². The lowest BCUT2D eigenvalue weighted by atomic mass is 10.0. The molecule has 0 N–H and O–H groups in total. The molecule has 0 fully saturated rings. The predicted octanol–water partition coefficient (Wildman–Crippen LogP) is 1.68. The first-order valence-corrected chi connectivity index (χ1v) is 4.60. The van der Waals surface area contributed by atoms with E-state index in [9.17, 15) is 4.79 Å². The molecule has 0 spiro atoms. The second kappa shape index (κ2) is 3.46. The van der Waals surface area contributed by atoms with Gasteiger partial charge in [0, 0.05) is 11.1 Å². The molecule has 2 rings (SSSR count). The molecular formula is C11H12O4. The van der Waals surface area contributed by atoms with Crippen LogP contribution in [0.1, 0.15) is 21.5 Å². The van der Waals surface area contributed by atoms with Crippen molar-refractivity contribution in [3.05, 3.63) is 22.8 Å². The van der Waals surface area contributed by atoms with E-state index in [1.807, 2.05) is 6.92 Å². The Morgan fingerprint density at radius 2 is 2.07 bits per heavy atom. The number of cyclic esters (lactones) is 1. The van der Waals surface area contributed by atoms with E-state index in [0.29, 0.717) is 17.1 Å². The van der Waals surface area contributed by atoms with Gasteiger partial charge in [0.25, 0.3) is 0 Å². The van der Waals surface area contributed by atoms with Crippen LogP contribution < -0.4 is 9.47 Å². The van der Waals surface area contributed by atoms with Gasteiger partial charge >= 0.3 is 5.97 Å². The Morgan fingerprint density at radius 1 is 1.33 bits per heavy atom. The van der Waals surface area contributed by atoms with Gasteiger partial charge in [0.15, 0.2) is 0 Å². The Balaban J connectivity index is 2.68. The molecule has 4 heteroatoms. The Kier molecular flexibility index (Phi) is 2.26. The van der Waals surface area contributed by atoms with Crippen molar-refractivity contribution in [3.63, 3.8) is 0 Å². The molecule has 0 aromatic heterocycles. The first-order chi connectivity index (χ1) is 7.19. The fourth-order valence-corrected chi connectivity index (χ4v) is 1.82. The van der Waals surface area contributed by atoms with E-state index in [0.717, 1.165) is 11.1 Å². The fourth-order valence-electron chi connectivity index (χ4n) is 1.82. The number of hydrogen-bond donors (Lipinski definition) is 0. The van der Waals surface area contributed by atoms with Crippen LogP contribution in [-0.2, 0) is 11.3 Å². The van der Waals surface area contributed by atoms with Gasteiger partial charge in [-0.05, 0) is 13.0 Å². The highest BCUT2D eigenvalue weighted by molar-refractivity contribution is 5.95. The molecule has 0 atom stereocenters. The number of ether oxygens (including phenoxy) is 3. The van der Waals surface area contributed by atoms with E-state index in [1.54, 1.807) is 20.3 Å². The second-order valence-electron chi connectivity index (χ2n) is 3.34. The zero-order valence-electron chi connectivity index (χ0n) is 8.92. The molecule has 4 nitrogen and oxygen atoms in total. The molecular weight excluding hydrogens is 196 g/mol. The maximum Gasteiger partial charge on any atom is 0.339 e. The van der Waals surface area contributed by atoms with Crippen LogP contribution in [0.5, 0.6) is 11.5 Å². The van der Waals surface area contributed by atoms with Crippen molar-refractivity contribution < 1.29 is 19.0 Å². The molecule has 15 heavy (non-hydrogen) atoms. The molecule has 1 aliphatic heterocycles. The number of fused-ring (bicyclic) bond motifs is 1. The van der Waals surface area contributed by atoms with Gasteiger partial charge in [0.05, 0.1) is 19.8 Å². The lowest BCUT2D eigenvalue weighted by Crippen LogP contribution is -1.99. The minimum absolute atomic E-state index is 0.280. The van der Waals surface area contributed by atoms with Crippen LogP contribution in [0, 0.1) is 6.92 Å². The van der Waals surface area contributed by atoms with Gasteiger partial charge in [-0.2, -0.15) is 0 Å². The van der Waals surface area contributed by atoms with Gasteiger partial charge in [-0.15, -0.1) is 0 Å². The zero-order chi connectivity index (χ0) is 11.0. The number of methoxy groups -OCH3 is 2. The Bertz CT molecular complexity index is 423. The number of benzene rings is 1. The first-order valence-electron chi connectivity index (χ1n) is 4.60. The second-order valence-corrected chi connectivity index (χ2v) is 3.34. The largest absolute Gasteiger partial charge is 0.496 e. The molecule has 0 saturated carbocycles. The summed E-state index contributed by atoms with van der Waals surface area (Å²) in [4.78, 5) is 11.4. The molecule has 1 aromatic rings. The SMILES string of the molecule is COc1cc2c(c(OC)c1C)COC2=O. The fraction of sp³-hybridized carbons (Fsp3) is 0.364. The summed E-state index contributed by atoms with van der Waals surface area (Å²) in [5, 5.41) is 0. The van der Waals surface area contributed by atoms with Crippen LogP contribution in [0.25, 0.3) is 0 Å². The Labute approximate surface area is 87.8 Å². The molecule has 1 aliphatic rings. The van der Waals surface area contributed by atoms with Crippen LogP contribution in [0.3, 0.4) is 0 Å². The van der Waals surface area contributed by atoms with Gasteiger partial charge in [0.1, 0.15) is 18.1 Å². The van der Waals surface area contributed by atoms with Crippen LogP contribution in [-0.4, -0.2) is 20.2 Å². The van der Waals surface area contributed by atoms with E-state index >= 15 is 0 Å². The standard InChI is InChI=1S/C11H12O4/c1-6-9(13-2)4-7-8(10(6)14-3)5-15-11(7)12/h4H,5H2,1-3H3. The van der Waals surface area contributed by atoms with Crippen LogP contribution >= 0.6 is 0 Å². The molecule has 0 aliphatic carbocycles. The number of carbonyl (C=O) groups excluding carboxylic acids is 1. The maximum absolute atomic E-state index is 11.4. The third-order valence-corrected chi connectivity index (χ3v) is 2.58. The average molecular weight is 208 g/mol. The summed E-state index contributed by atoms with van der Waals surface area (Å²) >= 11 is 0. The van der Waals surface area contributed by atoms with Gasteiger partial charge in [-0.1, -0.05) is 0 Å². The topological polar surface area (TPSA) is 44.8 Å². The quantitative estimate of drug-likeness (QED) is 0.694. The third kappa shape index (κ3) is 1.33. The lowest BCUT2D eigenvalue weighted by Gasteiger charge is -2.12. The van der Waals surface area contributed by atoms with Crippen molar-refractivity contribution in [2.45, 2.75) is 13.5 Å². The maximum atomic E-state index is 11.4. The highest BCUT2D eigenvalue weighted by Gasteiger charge is 2.27. The average Bonchev–Trinajstić information content (AvgIpc) is 2.59. The smallest absolute Gasteiger partial charge is 0.339 e. The highest BCUT2D eigenvalue weighted by Crippen LogP contribution is 2.37. The molecule has 80 valence electrons. The minimum Gasteiger partial charge on any atom is -0.496 e. The van der Waals surface area contributed by atoms with Crippen molar-refractivity contribution in [3.8, 4) is 11.5 Å². The van der Waals surface area contributed by atoms with E-state index < -0.39 is 0 Å². The monoisotopic (exact) mass is 208 g/mol. The number of esters is 1. The van der Waals surface area contributed by atoms with Crippen LogP contribution in [0.2, 0.25) is 0 Å². The highest BCUT2D eigenvalue weighted by atomic mass is 16.5. The molecule has 1 heterocycles. The number of carbonyl (C=O) groups is 1. The van der Waals surface area contributed by atoms with Gasteiger partial charge < -0.3 is 14.2 Å². The summed E-state index contributed by atoms with van der Waals surface area (Å²) in [5.41, 5.74) is 2.23. The van der Waals surface area contributed by atoms with Crippen molar-refractivity contribution in [1.29, 1.82) is 0 Å². The summed E-state index contributed by atoms with van der Waals surface area (Å²) in [7, 11) is 3.14. The molecule has 0 saturated heterocycles. The Morgan fingerprint density at radius 3 is 2.67 bits per heavy atom. The van der Waals surface area contributed by atoms with Gasteiger partial charge in [-0.25, -0.2) is 4.79 Å². The van der Waals surface area contributed by atoms with Crippen molar-refractivity contribution in [1.82, 2.24) is 0 Å².